The Kier molecular flexibility index (Phi) is 4.83. The average Bonchev–Trinajstić information content (AvgIpc) is 2.58. The van der Waals surface area contributed by atoms with Crippen molar-refractivity contribution in [3.05, 3.63) is 11.4 Å². The number of aromatic amines is 1. The summed E-state index contributed by atoms with van der Waals surface area (Å²) in [6, 6.07) is -0.524. The molecule has 1 aromatic heterocycles. The molecule has 4 N–H and O–H groups in total. The maximum absolute atomic E-state index is 12.2. The van der Waals surface area contributed by atoms with Crippen LogP contribution in [0.15, 0.2) is 4.90 Å². The summed E-state index contributed by atoms with van der Waals surface area (Å²) in [5.74, 6) is 0. The van der Waals surface area contributed by atoms with Crippen molar-refractivity contribution in [1.82, 2.24) is 14.9 Å². The molecule has 0 fully saturated rings. The van der Waals surface area contributed by atoms with Crippen molar-refractivity contribution < 1.29 is 8.42 Å². The predicted octanol–water partition coefficient (Wildman–Crippen LogP) is 0.760. The van der Waals surface area contributed by atoms with E-state index in [-0.39, 0.29) is 9.88 Å². The molecule has 1 atom stereocenters. The first kappa shape index (κ1) is 15.1. The molecule has 0 saturated carbocycles. The van der Waals surface area contributed by atoms with Crippen LogP contribution in [0.5, 0.6) is 0 Å². The minimum atomic E-state index is -3.66. The number of nitrogens with one attached hydrogen (secondary N) is 2. The van der Waals surface area contributed by atoms with E-state index in [4.69, 9.17) is 18.0 Å². The highest BCUT2D eigenvalue weighted by Crippen LogP contribution is 2.17. The number of aromatic nitrogens is 2. The van der Waals surface area contributed by atoms with Gasteiger partial charge in [0.05, 0.1) is 22.4 Å². The standard InChI is InChI=1S/C10H18N4O2S2/c1-4-5-8(10(11)17)14-18(15,16)9-6(2)12-13-7(9)3/h8,14H,4-5H2,1-3H3,(H2,11,17)(H,12,13). The highest BCUT2D eigenvalue weighted by Gasteiger charge is 2.26. The molecule has 0 bridgehead atoms. The van der Waals surface area contributed by atoms with Gasteiger partial charge in [-0.1, -0.05) is 25.6 Å². The van der Waals surface area contributed by atoms with Gasteiger partial charge < -0.3 is 5.73 Å². The molecule has 0 aromatic carbocycles. The number of hydrogen-bond donors (Lipinski definition) is 3. The van der Waals surface area contributed by atoms with Crippen LogP contribution in [0.2, 0.25) is 0 Å². The molecule has 0 radical (unpaired) electrons. The molecule has 0 spiro atoms. The lowest BCUT2D eigenvalue weighted by molar-refractivity contribution is 0.566. The van der Waals surface area contributed by atoms with Crippen LogP contribution >= 0.6 is 12.2 Å². The topological polar surface area (TPSA) is 101 Å². The largest absolute Gasteiger partial charge is 0.392 e. The molecule has 8 heteroatoms. The van der Waals surface area contributed by atoms with Gasteiger partial charge in [-0.05, 0) is 20.3 Å². The van der Waals surface area contributed by atoms with Gasteiger partial charge in [0.2, 0.25) is 10.0 Å². The fourth-order valence-corrected chi connectivity index (χ4v) is 3.60. The van der Waals surface area contributed by atoms with Crippen molar-refractivity contribution in [2.45, 2.75) is 44.6 Å². The first-order valence-electron chi connectivity index (χ1n) is 5.62. The number of sulfonamides is 1. The quantitative estimate of drug-likeness (QED) is 0.671. The third kappa shape index (κ3) is 3.27. The van der Waals surface area contributed by atoms with Crippen molar-refractivity contribution >= 4 is 27.2 Å². The lowest BCUT2D eigenvalue weighted by Crippen LogP contribution is -2.43. The minimum Gasteiger partial charge on any atom is -0.392 e. The molecule has 1 heterocycles. The molecule has 6 nitrogen and oxygen atoms in total. The van der Waals surface area contributed by atoms with Crippen LogP contribution < -0.4 is 10.5 Å². The summed E-state index contributed by atoms with van der Waals surface area (Å²) >= 11 is 4.87. The van der Waals surface area contributed by atoms with E-state index in [9.17, 15) is 8.42 Å². The number of rotatable bonds is 6. The zero-order chi connectivity index (χ0) is 13.9. The number of H-pyrrole nitrogens is 1. The number of nitrogens with zero attached hydrogens (tertiary/aromatic N) is 1. The highest BCUT2D eigenvalue weighted by molar-refractivity contribution is 7.89. The van der Waals surface area contributed by atoms with Crippen LogP contribution in [0.4, 0.5) is 0 Å². The molecule has 0 aliphatic rings. The van der Waals surface area contributed by atoms with Crippen LogP contribution in [0, 0.1) is 13.8 Å². The Balaban J connectivity index is 3.05. The summed E-state index contributed by atoms with van der Waals surface area (Å²) in [5.41, 5.74) is 6.47. The molecule has 1 rings (SSSR count). The first-order chi connectivity index (χ1) is 8.29. The van der Waals surface area contributed by atoms with Crippen LogP contribution in [0.3, 0.4) is 0 Å². The van der Waals surface area contributed by atoms with Crippen molar-refractivity contribution in [2.24, 2.45) is 5.73 Å². The smallest absolute Gasteiger partial charge is 0.244 e. The van der Waals surface area contributed by atoms with E-state index >= 15 is 0 Å². The highest BCUT2D eigenvalue weighted by atomic mass is 32.2. The SMILES string of the molecule is CCCC(NS(=O)(=O)c1c(C)n[nH]c1C)C(N)=S. The lowest BCUT2D eigenvalue weighted by Gasteiger charge is -2.16. The predicted molar refractivity (Wildman–Crippen MR) is 73.9 cm³/mol. The summed E-state index contributed by atoms with van der Waals surface area (Å²) < 4.78 is 27.0. The Morgan fingerprint density at radius 3 is 2.56 bits per heavy atom. The van der Waals surface area contributed by atoms with Gasteiger partial charge >= 0.3 is 0 Å². The molecule has 18 heavy (non-hydrogen) atoms. The molecule has 102 valence electrons. The van der Waals surface area contributed by atoms with Gasteiger partial charge in [0.1, 0.15) is 4.90 Å². The fraction of sp³-hybridized carbons (Fsp3) is 0.600. The Hall–Kier alpha value is -0.990. The zero-order valence-corrected chi connectivity index (χ0v) is 12.3. The molecule has 1 unspecified atom stereocenters. The molecular weight excluding hydrogens is 272 g/mol. The van der Waals surface area contributed by atoms with E-state index in [0.29, 0.717) is 17.8 Å². The second-order valence-electron chi connectivity index (χ2n) is 4.13. The summed E-state index contributed by atoms with van der Waals surface area (Å²) in [7, 11) is -3.66. The summed E-state index contributed by atoms with van der Waals surface area (Å²) in [4.78, 5) is 0.319. The van der Waals surface area contributed by atoms with E-state index in [1.54, 1.807) is 13.8 Å². The van der Waals surface area contributed by atoms with Gasteiger partial charge in [-0.15, -0.1) is 0 Å². The lowest BCUT2D eigenvalue weighted by atomic mass is 10.2. The Bertz CT molecular complexity index is 517. The molecular formula is C10H18N4O2S2. The van der Waals surface area contributed by atoms with Crippen LogP contribution in [0.25, 0.3) is 0 Å². The number of thiocarbonyl (C=S) groups is 1. The fourth-order valence-electron chi connectivity index (χ4n) is 1.73. The van der Waals surface area contributed by atoms with E-state index in [0.717, 1.165) is 6.42 Å². The van der Waals surface area contributed by atoms with Crippen LogP contribution in [-0.2, 0) is 10.0 Å². The van der Waals surface area contributed by atoms with E-state index in [2.05, 4.69) is 14.9 Å². The molecule has 1 aromatic rings. The molecule has 0 saturated heterocycles. The van der Waals surface area contributed by atoms with Crippen LogP contribution in [0.1, 0.15) is 31.2 Å². The molecule has 0 amide bonds. The molecule has 0 aliphatic carbocycles. The van der Waals surface area contributed by atoms with Gasteiger partial charge in [-0.25, -0.2) is 13.1 Å². The average molecular weight is 290 g/mol. The number of aryl methyl sites for hydroxylation is 2. The van der Waals surface area contributed by atoms with Crippen molar-refractivity contribution in [2.75, 3.05) is 0 Å². The van der Waals surface area contributed by atoms with Crippen molar-refractivity contribution in [1.29, 1.82) is 0 Å². The van der Waals surface area contributed by atoms with E-state index in [1.807, 2.05) is 6.92 Å². The Morgan fingerprint density at radius 1 is 1.56 bits per heavy atom. The molecule has 0 aliphatic heterocycles. The van der Waals surface area contributed by atoms with Gasteiger partial charge in [0.15, 0.2) is 0 Å². The summed E-state index contributed by atoms with van der Waals surface area (Å²) in [6.07, 6.45) is 1.36. The second kappa shape index (κ2) is 5.77. The van der Waals surface area contributed by atoms with Gasteiger partial charge in [0.25, 0.3) is 0 Å². The van der Waals surface area contributed by atoms with Crippen molar-refractivity contribution in [3.63, 3.8) is 0 Å². The monoisotopic (exact) mass is 290 g/mol. The minimum absolute atomic E-state index is 0.152. The van der Waals surface area contributed by atoms with Crippen LogP contribution in [-0.4, -0.2) is 29.6 Å². The van der Waals surface area contributed by atoms with Gasteiger partial charge in [0, 0.05) is 0 Å². The maximum Gasteiger partial charge on any atom is 0.244 e. The third-order valence-electron chi connectivity index (χ3n) is 2.55. The summed E-state index contributed by atoms with van der Waals surface area (Å²) in [6.45, 7) is 5.23. The van der Waals surface area contributed by atoms with Crippen molar-refractivity contribution in [3.8, 4) is 0 Å². The van der Waals surface area contributed by atoms with E-state index in [1.165, 1.54) is 0 Å². The number of nitrogens with two attached hydrogens (primary N) is 1. The second-order valence-corrected chi connectivity index (χ2v) is 6.25. The Morgan fingerprint density at radius 2 is 2.17 bits per heavy atom. The van der Waals surface area contributed by atoms with E-state index < -0.39 is 16.1 Å². The number of hydrogen-bond acceptors (Lipinski definition) is 4. The maximum atomic E-state index is 12.2. The normalized spacial score (nSPS) is 13.5. The zero-order valence-electron chi connectivity index (χ0n) is 10.6. The Labute approximate surface area is 112 Å². The van der Waals surface area contributed by atoms with Gasteiger partial charge in [-0.3, -0.25) is 5.10 Å². The summed E-state index contributed by atoms with van der Waals surface area (Å²) in [5, 5.41) is 6.52. The third-order valence-corrected chi connectivity index (χ3v) is 4.57. The van der Waals surface area contributed by atoms with Gasteiger partial charge in [-0.2, -0.15) is 5.10 Å². The first-order valence-corrected chi connectivity index (χ1v) is 7.52.